The zero-order valence-electron chi connectivity index (χ0n) is 11.0. The summed E-state index contributed by atoms with van der Waals surface area (Å²) in [5, 5.41) is 2.29. The summed E-state index contributed by atoms with van der Waals surface area (Å²) in [5.74, 6) is 0.206. The normalized spacial score (nSPS) is 12.8. The highest BCUT2D eigenvalue weighted by Gasteiger charge is 2.04. The van der Waals surface area contributed by atoms with E-state index in [0.717, 1.165) is 11.1 Å². The molecule has 20 heavy (non-hydrogen) atoms. The van der Waals surface area contributed by atoms with E-state index in [-0.39, 0.29) is 5.82 Å². The van der Waals surface area contributed by atoms with Crippen LogP contribution in [0.3, 0.4) is 0 Å². The van der Waals surface area contributed by atoms with Gasteiger partial charge >= 0.3 is 0 Å². The Morgan fingerprint density at radius 3 is 2.55 bits per heavy atom. The van der Waals surface area contributed by atoms with E-state index in [1.165, 1.54) is 6.07 Å². The molecule has 2 aromatic carbocycles. The quantitative estimate of drug-likeness (QED) is 0.750. The predicted molar refractivity (Wildman–Crippen MR) is 83.5 cm³/mol. The van der Waals surface area contributed by atoms with E-state index in [1.807, 2.05) is 12.1 Å². The lowest BCUT2D eigenvalue weighted by atomic mass is 10.1. The molecule has 0 bridgehead atoms. The van der Waals surface area contributed by atoms with Crippen molar-refractivity contribution in [3.8, 4) is 0 Å². The van der Waals surface area contributed by atoms with Crippen molar-refractivity contribution < 1.29 is 8.94 Å². The third kappa shape index (κ3) is 4.37. The van der Waals surface area contributed by atoms with E-state index in [1.54, 1.807) is 42.7 Å². The smallest absolute Gasteiger partial charge is 0.135 e. The third-order valence-electron chi connectivity index (χ3n) is 2.82. The lowest BCUT2D eigenvalue weighted by Crippen LogP contribution is -1.99. The highest BCUT2D eigenvalue weighted by Crippen LogP contribution is 2.15. The minimum atomic E-state index is -1.11. The number of rotatable bonds is 4. The van der Waals surface area contributed by atoms with Gasteiger partial charge < -0.3 is 4.55 Å². The maximum absolute atomic E-state index is 13.1. The maximum Gasteiger partial charge on any atom is 0.135 e. The van der Waals surface area contributed by atoms with Gasteiger partial charge in [0.2, 0.25) is 0 Å². The van der Waals surface area contributed by atoms with Crippen molar-refractivity contribution in [1.82, 2.24) is 0 Å². The molecular formula is C16H14ClFOS. The van der Waals surface area contributed by atoms with Gasteiger partial charge in [0.15, 0.2) is 0 Å². The van der Waals surface area contributed by atoms with Gasteiger partial charge in [-0.1, -0.05) is 29.8 Å². The molecule has 0 saturated carbocycles. The first-order chi connectivity index (χ1) is 9.54. The summed E-state index contributed by atoms with van der Waals surface area (Å²) in [7, 11) is 0. The molecule has 2 rings (SSSR count). The minimum absolute atomic E-state index is 0.232. The molecule has 0 aromatic heterocycles. The monoisotopic (exact) mass is 308 g/mol. The summed E-state index contributed by atoms with van der Waals surface area (Å²) >= 11 is 4.69. The van der Waals surface area contributed by atoms with Gasteiger partial charge in [-0.05, 0) is 59.6 Å². The Bertz CT molecular complexity index is 610. The highest BCUT2D eigenvalue weighted by atomic mass is 35.5. The lowest BCUT2D eigenvalue weighted by Gasteiger charge is -2.06. The molecule has 0 aliphatic heterocycles. The third-order valence-corrected chi connectivity index (χ3v) is 4.13. The van der Waals surface area contributed by atoms with Crippen LogP contribution in [-0.2, 0) is 16.9 Å². The van der Waals surface area contributed by atoms with Crippen molar-refractivity contribution in [3.05, 3.63) is 75.4 Å². The SMILES string of the molecule is Cc1cc(/C=C/[S+]([O-])Cc2ccc(Cl)cc2)ccc1F. The molecule has 0 fully saturated rings. The Morgan fingerprint density at radius 1 is 1.20 bits per heavy atom. The van der Waals surface area contributed by atoms with Crippen LogP contribution < -0.4 is 0 Å². The molecule has 0 saturated heterocycles. The second-order valence-electron chi connectivity index (χ2n) is 4.46. The first-order valence-electron chi connectivity index (χ1n) is 6.10. The Kier molecular flexibility index (Phi) is 5.24. The Morgan fingerprint density at radius 2 is 1.90 bits per heavy atom. The molecule has 2 aromatic rings. The summed E-state index contributed by atoms with van der Waals surface area (Å²) in [6.07, 6.45) is 1.75. The number of halogens is 2. The Labute approximate surface area is 126 Å². The standard InChI is InChI=1S/C16H14ClFOS/c1-12-10-13(4-7-16(12)18)8-9-20(19)11-14-2-5-15(17)6-3-14/h2-10H,11H2,1H3/b9-8+. The van der Waals surface area contributed by atoms with Gasteiger partial charge in [-0.15, -0.1) is 0 Å². The number of hydrogen-bond donors (Lipinski definition) is 0. The van der Waals surface area contributed by atoms with Crippen molar-refractivity contribution in [2.45, 2.75) is 12.7 Å². The van der Waals surface area contributed by atoms with E-state index in [4.69, 9.17) is 11.6 Å². The van der Waals surface area contributed by atoms with Gasteiger partial charge in [-0.2, -0.15) is 0 Å². The summed E-state index contributed by atoms with van der Waals surface area (Å²) in [6, 6.07) is 12.1. The van der Waals surface area contributed by atoms with Crippen LogP contribution in [0.4, 0.5) is 4.39 Å². The molecule has 0 N–H and O–H groups in total. The molecule has 1 nitrogen and oxygen atoms in total. The molecular weight excluding hydrogens is 295 g/mol. The van der Waals surface area contributed by atoms with Gasteiger partial charge in [-0.25, -0.2) is 4.39 Å². The maximum atomic E-state index is 13.1. The van der Waals surface area contributed by atoms with Crippen LogP contribution in [0.1, 0.15) is 16.7 Å². The Balaban J connectivity index is 1.99. The second kappa shape index (κ2) is 6.93. The molecule has 0 heterocycles. The van der Waals surface area contributed by atoms with E-state index >= 15 is 0 Å². The van der Waals surface area contributed by atoms with Gasteiger partial charge in [-0.3, -0.25) is 0 Å². The predicted octanol–water partition coefficient (Wildman–Crippen LogP) is 4.71. The molecule has 0 spiro atoms. The van der Waals surface area contributed by atoms with Gasteiger partial charge in [0.05, 0.1) is 0 Å². The number of benzene rings is 2. The molecule has 0 amide bonds. The molecule has 1 atom stereocenters. The topological polar surface area (TPSA) is 23.1 Å². The average molecular weight is 309 g/mol. The van der Waals surface area contributed by atoms with E-state index in [9.17, 15) is 8.94 Å². The molecule has 0 radical (unpaired) electrons. The molecule has 4 heteroatoms. The second-order valence-corrected chi connectivity index (χ2v) is 6.22. The van der Waals surface area contributed by atoms with Crippen LogP contribution in [0.2, 0.25) is 5.02 Å². The van der Waals surface area contributed by atoms with Gasteiger partial charge in [0, 0.05) is 10.6 Å². The zero-order valence-corrected chi connectivity index (χ0v) is 12.5. The average Bonchev–Trinajstić information content (AvgIpc) is 2.43. The summed E-state index contributed by atoms with van der Waals surface area (Å²) in [4.78, 5) is 0. The van der Waals surface area contributed by atoms with Crippen LogP contribution >= 0.6 is 11.6 Å². The lowest BCUT2D eigenvalue weighted by molar-refractivity contribution is 0.603. The van der Waals surface area contributed by atoms with Crippen LogP contribution in [0.5, 0.6) is 0 Å². The van der Waals surface area contributed by atoms with Crippen molar-refractivity contribution in [2.24, 2.45) is 0 Å². The van der Waals surface area contributed by atoms with Crippen molar-refractivity contribution in [3.63, 3.8) is 0 Å². The van der Waals surface area contributed by atoms with Crippen molar-refractivity contribution in [1.29, 1.82) is 0 Å². The fourth-order valence-electron chi connectivity index (χ4n) is 1.72. The van der Waals surface area contributed by atoms with E-state index in [0.29, 0.717) is 16.3 Å². The first-order valence-corrected chi connectivity index (χ1v) is 7.86. The van der Waals surface area contributed by atoms with Gasteiger partial charge in [0.25, 0.3) is 0 Å². The summed E-state index contributed by atoms with van der Waals surface area (Å²) in [6.45, 7) is 1.71. The summed E-state index contributed by atoms with van der Waals surface area (Å²) < 4.78 is 25.1. The number of hydrogen-bond acceptors (Lipinski definition) is 1. The fourth-order valence-corrected chi connectivity index (χ4v) is 2.77. The molecule has 104 valence electrons. The number of aryl methyl sites for hydroxylation is 1. The van der Waals surface area contributed by atoms with Crippen LogP contribution in [0.15, 0.2) is 47.9 Å². The fraction of sp³-hybridized carbons (Fsp3) is 0.125. The van der Waals surface area contributed by atoms with Crippen molar-refractivity contribution >= 4 is 28.9 Å². The van der Waals surface area contributed by atoms with E-state index in [2.05, 4.69) is 0 Å². The summed E-state index contributed by atoms with van der Waals surface area (Å²) in [5.41, 5.74) is 2.39. The molecule has 0 aliphatic carbocycles. The highest BCUT2D eigenvalue weighted by molar-refractivity contribution is 7.93. The first kappa shape index (κ1) is 15.1. The zero-order chi connectivity index (χ0) is 14.5. The Hall–Kier alpha value is -1.29. The molecule has 0 aliphatic rings. The largest absolute Gasteiger partial charge is 0.612 e. The van der Waals surface area contributed by atoms with Gasteiger partial charge in [0.1, 0.15) is 17.0 Å². The molecule has 1 unspecified atom stereocenters. The van der Waals surface area contributed by atoms with Crippen LogP contribution in [0.25, 0.3) is 6.08 Å². The van der Waals surface area contributed by atoms with Crippen LogP contribution in [0, 0.1) is 12.7 Å². The van der Waals surface area contributed by atoms with Crippen LogP contribution in [-0.4, -0.2) is 4.55 Å². The van der Waals surface area contributed by atoms with Crippen molar-refractivity contribution in [2.75, 3.05) is 0 Å². The minimum Gasteiger partial charge on any atom is -0.612 e. The van der Waals surface area contributed by atoms with E-state index < -0.39 is 11.2 Å².